The predicted molar refractivity (Wildman–Crippen MR) is 94.0 cm³/mol. The molecule has 0 aliphatic carbocycles. The quantitative estimate of drug-likeness (QED) is 0.901. The molecule has 0 spiro atoms. The van der Waals surface area contributed by atoms with Crippen LogP contribution in [0.1, 0.15) is 49.8 Å². The smallest absolute Gasteiger partial charge is 0.256 e. The molecule has 7 nitrogen and oxygen atoms in total. The summed E-state index contributed by atoms with van der Waals surface area (Å²) >= 11 is 0. The molecule has 0 saturated heterocycles. The van der Waals surface area contributed by atoms with E-state index in [2.05, 4.69) is 15.5 Å². The summed E-state index contributed by atoms with van der Waals surface area (Å²) in [6, 6.07) is 6.94. The van der Waals surface area contributed by atoms with Crippen LogP contribution in [0.4, 0.5) is 5.69 Å². The Morgan fingerprint density at radius 1 is 1.24 bits per heavy atom. The first-order valence-corrected chi connectivity index (χ1v) is 8.19. The summed E-state index contributed by atoms with van der Waals surface area (Å²) in [6.07, 6.45) is 0.669. The number of para-hydroxylation sites is 1. The lowest BCUT2D eigenvalue weighted by Gasteiger charge is -2.21. The van der Waals surface area contributed by atoms with Gasteiger partial charge in [0, 0.05) is 18.9 Å². The number of hydrogen-bond acceptors (Lipinski definition) is 5. The molecular weight excluding hydrogens is 320 g/mol. The fourth-order valence-electron chi connectivity index (χ4n) is 2.07. The van der Waals surface area contributed by atoms with Gasteiger partial charge in [-0.3, -0.25) is 9.59 Å². The van der Waals surface area contributed by atoms with E-state index in [1.807, 2.05) is 27.7 Å². The van der Waals surface area contributed by atoms with Gasteiger partial charge in [-0.25, -0.2) is 0 Å². The van der Waals surface area contributed by atoms with Gasteiger partial charge in [0.25, 0.3) is 5.91 Å². The number of aromatic nitrogens is 2. The number of nitrogens with zero attached hydrogens (tertiary/aromatic N) is 3. The summed E-state index contributed by atoms with van der Waals surface area (Å²) in [5.41, 5.74) is 0.347. The maximum Gasteiger partial charge on any atom is 0.256 e. The highest BCUT2D eigenvalue weighted by molar-refractivity contribution is 6.04. The lowest BCUT2D eigenvalue weighted by molar-refractivity contribution is -0.123. The van der Waals surface area contributed by atoms with Crippen molar-refractivity contribution in [3.63, 3.8) is 0 Å². The third-order valence-corrected chi connectivity index (χ3v) is 3.63. The van der Waals surface area contributed by atoms with E-state index < -0.39 is 5.41 Å². The standard InChI is InChI=1S/C18H24N4O3/c1-6-14-20-15(25-21-14)11-22(5)16(23)12-9-7-8-10-13(12)19-17(24)18(2,3)4/h7-10H,6,11H2,1-5H3,(H,19,24). The van der Waals surface area contributed by atoms with Gasteiger partial charge in [0.2, 0.25) is 11.8 Å². The van der Waals surface area contributed by atoms with Crippen LogP contribution >= 0.6 is 0 Å². The van der Waals surface area contributed by atoms with Crippen LogP contribution in [0.2, 0.25) is 0 Å². The molecular formula is C18H24N4O3. The lowest BCUT2D eigenvalue weighted by Crippen LogP contribution is -2.31. The van der Waals surface area contributed by atoms with Crippen molar-refractivity contribution in [3.8, 4) is 0 Å². The molecule has 0 fully saturated rings. The van der Waals surface area contributed by atoms with Crippen molar-refractivity contribution < 1.29 is 14.1 Å². The summed E-state index contributed by atoms with van der Waals surface area (Å²) < 4.78 is 5.13. The second kappa shape index (κ2) is 7.46. The Labute approximate surface area is 147 Å². The van der Waals surface area contributed by atoms with Crippen molar-refractivity contribution >= 4 is 17.5 Å². The molecule has 0 atom stereocenters. The Hall–Kier alpha value is -2.70. The Bertz CT molecular complexity index is 762. The van der Waals surface area contributed by atoms with Crippen LogP contribution in [0.3, 0.4) is 0 Å². The Morgan fingerprint density at radius 3 is 2.52 bits per heavy atom. The molecule has 134 valence electrons. The van der Waals surface area contributed by atoms with Gasteiger partial charge in [0.05, 0.1) is 17.8 Å². The number of carbonyl (C=O) groups excluding carboxylic acids is 2. The van der Waals surface area contributed by atoms with Crippen LogP contribution < -0.4 is 5.32 Å². The van der Waals surface area contributed by atoms with Crippen LogP contribution in [0.25, 0.3) is 0 Å². The number of benzene rings is 1. The van der Waals surface area contributed by atoms with Crippen LogP contribution in [-0.4, -0.2) is 33.9 Å². The first-order valence-electron chi connectivity index (χ1n) is 8.19. The maximum atomic E-state index is 12.8. The van der Waals surface area contributed by atoms with E-state index in [9.17, 15) is 9.59 Å². The molecule has 2 aromatic rings. The van der Waals surface area contributed by atoms with Gasteiger partial charge in [-0.1, -0.05) is 45.0 Å². The number of anilines is 1. The van der Waals surface area contributed by atoms with Crippen LogP contribution in [-0.2, 0) is 17.8 Å². The number of carbonyl (C=O) groups is 2. The van der Waals surface area contributed by atoms with Crippen molar-refractivity contribution in [2.45, 2.75) is 40.7 Å². The van der Waals surface area contributed by atoms with E-state index in [4.69, 9.17) is 4.52 Å². The van der Waals surface area contributed by atoms with E-state index in [1.165, 1.54) is 4.90 Å². The summed E-state index contributed by atoms with van der Waals surface area (Å²) in [7, 11) is 1.65. The van der Waals surface area contributed by atoms with E-state index >= 15 is 0 Å². The number of aryl methyl sites for hydroxylation is 1. The van der Waals surface area contributed by atoms with Gasteiger partial charge in [-0.2, -0.15) is 4.98 Å². The van der Waals surface area contributed by atoms with Gasteiger partial charge >= 0.3 is 0 Å². The normalized spacial score (nSPS) is 11.2. The molecule has 1 heterocycles. The molecule has 0 saturated carbocycles. The third kappa shape index (κ3) is 4.65. The highest BCUT2D eigenvalue weighted by Gasteiger charge is 2.24. The summed E-state index contributed by atoms with van der Waals surface area (Å²) in [6.45, 7) is 7.59. The molecule has 1 aromatic heterocycles. The molecule has 1 aromatic carbocycles. The second-order valence-electron chi connectivity index (χ2n) is 6.87. The SMILES string of the molecule is CCc1noc(CN(C)C(=O)c2ccccc2NC(=O)C(C)(C)C)n1. The molecule has 2 rings (SSSR count). The molecule has 0 bridgehead atoms. The van der Waals surface area contributed by atoms with Crippen molar-refractivity contribution in [2.75, 3.05) is 12.4 Å². The fourth-order valence-corrected chi connectivity index (χ4v) is 2.07. The minimum Gasteiger partial charge on any atom is -0.337 e. The Balaban J connectivity index is 2.16. The average Bonchev–Trinajstić information content (AvgIpc) is 3.01. The Kier molecular flexibility index (Phi) is 5.56. The molecule has 0 unspecified atom stereocenters. The molecule has 0 aliphatic heterocycles. The molecule has 7 heteroatoms. The predicted octanol–water partition coefficient (Wildman–Crippen LogP) is 2.89. The molecule has 0 radical (unpaired) electrons. The second-order valence-corrected chi connectivity index (χ2v) is 6.87. The van der Waals surface area contributed by atoms with E-state index in [0.717, 1.165) is 0 Å². The summed E-state index contributed by atoms with van der Waals surface area (Å²) in [5, 5.41) is 6.65. The average molecular weight is 344 g/mol. The van der Waals surface area contributed by atoms with Crippen molar-refractivity contribution in [1.82, 2.24) is 15.0 Å². The van der Waals surface area contributed by atoms with Gasteiger partial charge in [0.1, 0.15) is 0 Å². The monoisotopic (exact) mass is 344 g/mol. The minimum atomic E-state index is -0.553. The van der Waals surface area contributed by atoms with Crippen LogP contribution in [0.5, 0.6) is 0 Å². The maximum absolute atomic E-state index is 12.8. The van der Waals surface area contributed by atoms with Gasteiger partial charge in [-0.05, 0) is 12.1 Å². The van der Waals surface area contributed by atoms with E-state index in [1.54, 1.807) is 31.3 Å². The highest BCUT2D eigenvalue weighted by Crippen LogP contribution is 2.22. The lowest BCUT2D eigenvalue weighted by atomic mass is 9.95. The first-order chi connectivity index (χ1) is 11.7. The van der Waals surface area contributed by atoms with Gasteiger partial charge in [-0.15, -0.1) is 0 Å². The number of rotatable bonds is 5. The molecule has 2 amide bonds. The fraction of sp³-hybridized carbons (Fsp3) is 0.444. The van der Waals surface area contributed by atoms with Crippen molar-refractivity contribution in [3.05, 3.63) is 41.5 Å². The largest absolute Gasteiger partial charge is 0.337 e. The Morgan fingerprint density at radius 2 is 1.92 bits per heavy atom. The summed E-state index contributed by atoms with van der Waals surface area (Å²) in [4.78, 5) is 30.7. The topological polar surface area (TPSA) is 88.3 Å². The first kappa shape index (κ1) is 18.6. The molecule has 1 N–H and O–H groups in total. The molecule has 0 aliphatic rings. The van der Waals surface area contributed by atoms with Crippen LogP contribution in [0, 0.1) is 5.41 Å². The molecule has 25 heavy (non-hydrogen) atoms. The van der Waals surface area contributed by atoms with Crippen molar-refractivity contribution in [2.24, 2.45) is 5.41 Å². The zero-order valence-electron chi connectivity index (χ0n) is 15.3. The van der Waals surface area contributed by atoms with Crippen molar-refractivity contribution in [1.29, 1.82) is 0 Å². The van der Waals surface area contributed by atoms with E-state index in [-0.39, 0.29) is 18.4 Å². The number of amides is 2. The third-order valence-electron chi connectivity index (χ3n) is 3.63. The zero-order chi connectivity index (χ0) is 18.6. The number of hydrogen-bond donors (Lipinski definition) is 1. The van der Waals surface area contributed by atoms with Crippen LogP contribution in [0.15, 0.2) is 28.8 Å². The number of nitrogens with one attached hydrogen (secondary N) is 1. The minimum absolute atomic E-state index is 0.153. The van der Waals surface area contributed by atoms with Gasteiger partial charge in [0.15, 0.2) is 5.82 Å². The summed E-state index contributed by atoms with van der Waals surface area (Å²) in [5.74, 6) is 0.596. The van der Waals surface area contributed by atoms with Gasteiger partial charge < -0.3 is 14.7 Å². The highest BCUT2D eigenvalue weighted by atomic mass is 16.5. The zero-order valence-corrected chi connectivity index (χ0v) is 15.3. The van der Waals surface area contributed by atoms with E-state index in [0.29, 0.717) is 29.4 Å².